The van der Waals surface area contributed by atoms with Crippen LogP contribution in [-0.2, 0) is 6.54 Å². The van der Waals surface area contributed by atoms with Crippen molar-refractivity contribution in [3.63, 3.8) is 0 Å². The number of rotatable bonds is 6. The number of benzene rings is 2. The predicted octanol–water partition coefficient (Wildman–Crippen LogP) is 3.85. The van der Waals surface area contributed by atoms with Crippen LogP contribution in [0.15, 0.2) is 40.9 Å². The van der Waals surface area contributed by atoms with Crippen LogP contribution in [0.1, 0.15) is 15.9 Å². The Kier molecular flexibility index (Phi) is 8.61. The number of piperazine rings is 1. The molecule has 8 heteroatoms. The van der Waals surface area contributed by atoms with E-state index in [0.717, 1.165) is 24.1 Å². The number of hydrogen-bond donors (Lipinski definition) is 0. The SMILES string of the molecule is COc1cc(C(=O)N2CCN(Cc3ccccc3Br)CC2)cc(OC)c1OC.Cl. The third-order valence-electron chi connectivity index (χ3n) is 4.92. The maximum atomic E-state index is 13.0. The molecule has 6 nitrogen and oxygen atoms in total. The Morgan fingerprint density at radius 1 is 0.966 bits per heavy atom. The lowest BCUT2D eigenvalue weighted by molar-refractivity contribution is 0.0627. The highest BCUT2D eigenvalue weighted by molar-refractivity contribution is 9.10. The summed E-state index contributed by atoms with van der Waals surface area (Å²) in [6, 6.07) is 11.7. The smallest absolute Gasteiger partial charge is 0.254 e. The number of halogens is 2. The second-order valence-electron chi connectivity index (χ2n) is 6.57. The second-order valence-corrected chi connectivity index (χ2v) is 7.43. The van der Waals surface area contributed by atoms with E-state index in [1.54, 1.807) is 33.5 Å². The highest BCUT2D eigenvalue weighted by atomic mass is 79.9. The van der Waals surface area contributed by atoms with Crippen LogP contribution >= 0.6 is 28.3 Å². The quantitative estimate of drug-likeness (QED) is 0.622. The van der Waals surface area contributed by atoms with E-state index in [1.807, 2.05) is 17.0 Å². The van der Waals surface area contributed by atoms with Crippen LogP contribution in [0.3, 0.4) is 0 Å². The summed E-state index contributed by atoms with van der Waals surface area (Å²) < 4.78 is 17.2. The monoisotopic (exact) mass is 484 g/mol. The lowest BCUT2D eigenvalue weighted by atomic mass is 10.1. The van der Waals surface area contributed by atoms with Gasteiger partial charge >= 0.3 is 0 Å². The normalized spacial score (nSPS) is 14.1. The lowest BCUT2D eigenvalue weighted by Gasteiger charge is -2.35. The van der Waals surface area contributed by atoms with E-state index in [9.17, 15) is 4.79 Å². The second kappa shape index (κ2) is 10.7. The molecule has 2 aromatic rings. The number of hydrogen-bond acceptors (Lipinski definition) is 5. The Labute approximate surface area is 186 Å². The van der Waals surface area contributed by atoms with Crippen molar-refractivity contribution in [3.8, 4) is 17.2 Å². The van der Waals surface area contributed by atoms with Crippen LogP contribution in [0.4, 0.5) is 0 Å². The summed E-state index contributed by atoms with van der Waals surface area (Å²) in [5, 5.41) is 0. The van der Waals surface area contributed by atoms with Gasteiger partial charge in [0.1, 0.15) is 0 Å². The molecule has 0 atom stereocenters. The van der Waals surface area contributed by atoms with Gasteiger partial charge in [-0.1, -0.05) is 34.1 Å². The third kappa shape index (κ3) is 5.35. The number of ether oxygens (including phenoxy) is 3. The molecule has 1 aliphatic rings. The van der Waals surface area contributed by atoms with E-state index in [2.05, 4.69) is 33.0 Å². The zero-order valence-electron chi connectivity index (χ0n) is 16.8. The fourth-order valence-electron chi connectivity index (χ4n) is 3.36. The van der Waals surface area contributed by atoms with Gasteiger partial charge in [0.05, 0.1) is 21.3 Å². The topological polar surface area (TPSA) is 51.2 Å². The van der Waals surface area contributed by atoms with Gasteiger partial charge in [-0.3, -0.25) is 9.69 Å². The van der Waals surface area contributed by atoms with E-state index in [4.69, 9.17) is 14.2 Å². The molecule has 1 saturated heterocycles. The van der Waals surface area contributed by atoms with Crippen LogP contribution < -0.4 is 14.2 Å². The van der Waals surface area contributed by atoms with Crippen LogP contribution in [-0.4, -0.2) is 63.2 Å². The molecule has 0 bridgehead atoms. The van der Waals surface area contributed by atoms with Crippen LogP contribution in [0, 0.1) is 0 Å². The van der Waals surface area contributed by atoms with Crippen molar-refractivity contribution >= 4 is 34.2 Å². The zero-order chi connectivity index (χ0) is 20.1. The molecule has 0 radical (unpaired) electrons. The van der Waals surface area contributed by atoms with Crippen molar-refractivity contribution < 1.29 is 19.0 Å². The van der Waals surface area contributed by atoms with Crippen molar-refractivity contribution in [2.24, 2.45) is 0 Å². The summed E-state index contributed by atoms with van der Waals surface area (Å²) in [6.45, 7) is 3.89. The van der Waals surface area contributed by atoms with Crippen molar-refractivity contribution in [1.29, 1.82) is 0 Å². The molecular weight excluding hydrogens is 460 g/mol. The summed E-state index contributed by atoms with van der Waals surface area (Å²) in [4.78, 5) is 17.2. The van der Waals surface area contributed by atoms with Crippen LogP contribution in [0.25, 0.3) is 0 Å². The third-order valence-corrected chi connectivity index (χ3v) is 5.70. The first kappa shape index (κ1) is 23.3. The molecule has 1 heterocycles. The van der Waals surface area contributed by atoms with Crippen LogP contribution in [0.5, 0.6) is 17.2 Å². The first-order valence-corrected chi connectivity index (χ1v) is 9.91. The van der Waals surface area contributed by atoms with E-state index in [-0.39, 0.29) is 18.3 Å². The number of nitrogens with zero attached hydrogens (tertiary/aromatic N) is 2. The Morgan fingerprint density at radius 3 is 2.07 bits per heavy atom. The van der Waals surface area contributed by atoms with Gasteiger partial charge in [0, 0.05) is 42.8 Å². The summed E-state index contributed by atoms with van der Waals surface area (Å²) in [6.07, 6.45) is 0. The molecule has 0 aliphatic carbocycles. The van der Waals surface area contributed by atoms with E-state index in [0.29, 0.717) is 35.9 Å². The minimum Gasteiger partial charge on any atom is -0.493 e. The average molecular weight is 486 g/mol. The summed E-state index contributed by atoms with van der Waals surface area (Å²) in [7, 11) is 4.64. The molecule has 0 spiro atoms. The van der Waals surface area contributed by atoms with Gasteiger partial charge in [-0.2, -0.15) is 0 Å². The largest absolute Gasteiger partial charge is 0.493 e. The molecular formula is C21H26BrClN2O4. The van der Waals surface area contributed by atoms with E-state index in [1.165, 1.54) is 5.56 Å². The first-order valence-electron chi connectivity index (χ1n) is 9.12. The number of amides is 1. The Morgan fingerprint density at radius 2 is 1.55 bits per heavy atom. The molecule has 0 N–H and O–H groups in total. The summed E-state index contributed by atoms with van der Waals surface area (Å²) in [5.41, 5.74) is 1.79. The first-order chi connectivity index (χ1) is 13.6. The van der Waals surface area contributed by atoms with Crippen molar-refractivity contribution in [1.82, 2.24) is 9.80 Å². The van der Waals surface area contributed by atoms with Gasteiger partial charge in [-0.25, -0.2) is 0 Å². The Bertz CT molecular complexity index is 816. The molecule has 1 aliphatic heterocycles. The Hall–Kier alpha value is -1.96. The highest BCUT2D eigenvalue weighted by Gasteiger charge is 2.25. The summed E-state index contributed by atoms with van der Waals surface area (Å²) in [5.74, 6) is 1.43. The van der Waals surface area contributed by atoms with Crippen molar-refractivity contribution in [3.05, 3.63) is 52.0 Å². The average Bonchev–Trinajstić information content (AvgIpc) is 2.74. The number of carbonyl (C=O) groups is 1. The van der Waals surface area contributed by atoms with E-state index >= 15 is 0 Å². The molecule has 1 fully saturated rings. The number of methoxy groups -OCH3 is 3. The Balaban J connectivity index is 0.00000300. The van der Waals surface area contributed by atoms with Gasteiger partial charge in [0.2, 0.25) is 5.75 Å². The summed E-state index contributed by atoms with van der Waals surface area (Å²) >= 11 is 3.60. The molecule has 0 saturated carbocycles. The molecule has 0 aromatic heterocycles. The minimum atomic E-state index is -0.0280. The molecule has 0 unspecified atom stereocenters. The van der Waals surface area contributed by atoms with Crippen LogP contribution in [0.2, 0.25) is 0 Å². The maximum Gasteiger partial charge on any atom is 0.254 e. The molecule has 29 heavy (non-hydrogen) atoms. The maximum absolute atomic E-state index is 13.0. The standard InChI is InChI=1S/C21H25BrN2O4.ClH/c1-26-18-12-16(13-19(27-2)20(18)28-3)21(25)24-10-8-23(9-11-24)14-15-6-4-5-7-17(15)22;/h4-7,12-13H,8-11,14H2,1-3H3;1H. The predicted molar refractivity (Wildman–Crippen MR) is 119 cm³/mol. The van der Waals surface area contributed by atoms with Gasteiger partial charge in [-0.05, 0) is 23.8 Å². The minimum absolute atomic E-state index is 0. The molecule has 2 aromatic carbocycles. The van der Waals surface area contributed by atoms with Gasteiger partial charge in [0.25, 0.3) is 5.91 Å². The molecule has 1 amide bonds. The number of carbonyl (C=O) groups excluding carboxylic acids is 1. The van der Waals surface area contributed by atoms with E-state index < -0.39 is 0 Å². The zero-order valence-corrected chi connectivity index (χ0v) is 19.2. The fourth-order valence-corrected chi connectivity index (χ4v) is 3.77. The van der Waals surface area contributed by atoms with Gasteiger partial charge in [-0.15, -0.1) is 12.4 Å². The van der Waals surface area contributed by atoms with Crippen molar-refractivity contribution in [2.45, 2.75) is 6.54 Å². The molecule has 158 valence electrons. The molecule has 3 rings (SSSR count). The highest BCUT2D eigenvalue weighted by Crippen LogP contribution is 2.38. The fraction of sp³-hybridized carbons (Fsp3) is 0.381. The van der Waals surface area contributed by atoms with Gasteiger partial charge in [0.15, 0.2) is 11.5 Å². The van der Waals surface area contributed by atoms with Gasteiger partial charge < -0.3 is 19.1 Å². The van der Waals surface area contributed by atoms with Crippen molar-refractivity contribution in [2.75, 3.05) is 47.5 Å². The lowest BCUT2D eigenvalue weighted by Crippen LogP contribution is -2.48.